The second-order valence-electron chi connectivity index (χ2n) is 6.60. The van der Waals surface area contributed by atoms with E-state index in [1.165, 1.54) is 24.3 Å². The molecule has 0 unspecified atom stereocenters. The van der Waals surface area contributed by atoms with E-state index in [1.54, 1.807) is 6.08 Å². The summed E-state index contributed by atoms with van der Waals surface area (Å²) in [6.07, 6.45) is -4.20. The molecule has 0 aromatic heterocycles. The van der Waals surface area contributed by atoms with Crippen molar-refractivity contribution < 1.29 is 39.8 Å². The van der Waals surface area contributed by atoms with Gasteiger partial charge in [-0.05, 0) is 23.8 Å². The van der Waals surface area contributed by atoms with Crippen LogP contribution in [0, 0.1) is 0 Å². The maximum atomic E-state index is 12.3. The molecule has 0 aliphatic carbocycles. The third-order valence-electron chi connectivity index (χ3n) is 4.56. The van der Waals surface area contributed by atoms with E-state index >= 15 is 0 Å². The first-order chi connectivity index (χ1) is 13.9. The zero-order valence-electron chi connectivity index (χ0n) is 15.3. The van der Waals surface area contributed by atoms with Gasteiger partial charge < -0.3 is 35.0 Å². The molecule has 1 saturated heterocycles. The minimum atomic E-state index is -1.58. The van der Waals surface area contributed by atoms with Gasteiger partial charge in [-0.3, -0.25) is 4.79 Å². The van der Waals surface area contributed by atoms with E-state index in [4.69, 9.17) is 9.47 Å². The summed E-state index contributed by atoms with van der Waals surface area (Å²) >= 11 is 0. The number of ketones is 1. The largest absolute Gasteiger partial charge is 0.507 e. The first kappa shape index (κ1) is 21.0. The van der Waals surface area contributed by atoms with E-state index in [0.717, 1.165) is 5.56 Å². The van der Waals surface area contributed by atoms with E-state index in [9.17, 15) is 30.3 Å². The Labute approximate surface area is 166 Å². The van der Waals surface area contributed by atoms with E-state index in [0.29, 0.717) is 0 Å². The van der Waals surface area contributed by atoms with Crippen LogP contribution in [0.2, 0.25) is 0 Å². The number of hydrogen-bond acceptors (Lipinski definition) is 8. The van der Waals surface area contributed by atoms with Gasteiger partial charge in [-0.2, -0.15) is 0 Å². The molecule has 1 fully saturated rings. The van der Waals surface area contributed by atoms with Crippen molar-refractivity contribution in [2.75, 3.05) is 6.61 Å². The normalized spacial score (nSPS) is 27.1. The zero-order valence-corrected chi connectivity index (χ0v) is 15.3. The lowest BCUT2D eigenvalue weighted by molar-refractivity contribution is -0.277. The van der Waals surface area contributed by atoms with Crippen molar-refractivity contribution in [1.82, 2.24) is 0 Å². The molecule has 5 N–H and O–H groups in total. The molecule has 8 nitrogen and oxygen atoms in total. The fourth-order valence-electron chi connectivity index (χ4n) is 2.92. The molecule has 1 heterocycles. The van der Waals surface area contributed by atoms with Crippen LogP contribution in [0.1, 0.15) is 15.9 Å². The standard InChI is InChI=1S/C21H22O8/c22-11-17-18(25)19(26)20(27)21(29-17)28-13-7-8-14(16(24)10-13)15(23)9-6-12-4-2-1-3-5-12/h1-10,17-22,24-27H,11H2/t17-,18-,19+,20-,21-/m1/s1. The summed E-state index contributed by atoms with van der Waals surface area (Å²) in [5, 5.41) is 49.0. The molecule has 0 bridgehead atoms. The Morgan fingerprint density at radius 1 is 1.03 bits per heavy atom. The average Bonchev–Trinajstić information content (AvgIpc) is 2.73. The van der Waals surface area contributed by atoms with Crippen LogP contribution in [-0.4, -0.2) is 68.6 Å². The van der Waals surface area contributed by atoms with Crippen molar-refractivity contribution in [3.8, 4) is 11.5 Å². The quantitative estimate of drug-likeness (QED) is 0.347. The molecule has 1 aliphatic heterocycles. The molecule has 3 rings (SSSR count). The summed E-state index contributed by atoms with van der Waals surface area (Å²) in [5.74, 6) is -0.684. The molecule has 5 atom stereocenters. The van der Waals surface area contributed by atoms with Crippen LogP contribution in [0.25, 0.3) is 6.08 Å². The SMILES string of the molecule is O=C(C=Cc1ccccc1)c1ccc(O[C@@H]2O[C@H](CO)[C@@H](O)[C@H](O)[C@H]2O)cc1O. The molecule has 0 amide bonds. The topological polar surface area (TPSA) is 137 Å². The minimum absolute atomic E-state index is 0.0540. The van der Waals surface area contributed by atoms with E-state index in [1.807, 2.05) is 30.3 Å². The Morgan fingerprint density at radius 2 is 1.76 bits per heavy atom. The fourth-order valence-corrected chi connectivity index (χ4v) is 2.92. The summed E-state index contributed by atoms with van der Waals surface area (Å²) < 4.78 is 10.7. The highest BCUT2D eigenvalue weighted by molar-refractivity contribution is 6.08. The molecule has 2 aromatic carbocycles. The molecule has 8 heteroatoms. The van der Waals surface area contributed by atoms with Gasteiger partial charge in [0, 0.05) is 6.07 Å². The lowest BCUT2D eigenvalue weighted by atomic mass is 9.99. The summed E-state index contributed by atoms with van der Waals surface area (Å²) in [4.78, 5) is 12.3. The lowest BCUT2D eigenvalue weighted by Crippen LogP contribution is -2.60. The highest BCUT2D eigenvalue weighted by Crippen LogP contribution is 2.28. The monoisotopic (exact) mass is 402 g/mol. The number of hydrogen-bond donors (Lipinski definition) is 5. The second kappa shape index (κ2) is 9.17. The maximum Gasteiger partial charge on any atom is 0.229 e. The van der Waals surface area contributed by atoms with Crippen LogP contribution in [0.3, 0.4) is 0 Å². The number of carbonyl (C=O) groups is 1. The number of aliphatic hydroxyl groups is 4. The van der Waals surface area contributed by atoms with Gasteiger partial charge in [0.05, 0.1) is 12.2 Å². The summed E-state index contributed by atoms with van der Waals surface area (Å²) in [7, 11) is 0. The van der Waals surface area contributed by atoms with Crippen LogP contribution in [0.5, 0.6) is 11.5 Å². The van der Waals surface area contributed by atoms with Crippen molar-refractivity contribution in [3.63, 3.8) is 0 Å². The summed E-state index contributed by atoms with van der Waals surface area (Å²) in [6, 6.07) is 13.1. The van der Waals surface area contributed by atoms with Crippen LogP contribution >= 0.6 is 0 Å². The number of rotatable bonds is 6. The van der Waals surface area contributed by atoms with Crippen molar-refractivity contribution >= 4 is 11.9 Å². The molecule has 1 aliphatic rings. The van der Waals surface area contributed by atoms with Crippen molar-refractivity contribution in [2.24, 2.45) is 0 Å². The van der Waals surface area contributed by atoms with Gasteiger partial charge in [0.2, 0.25) is 6.29 Å². The maximum absolute atomic E-state index is 12.3. The van der Waals surface area contributed by atoms with Gasteiger partial charge in [-0.15, -0.1) is 0 Å². The molecule has 0 saturated carbocycles. The average molecular weight is 402 g/mol. The third-order valence-corrected chi connectivity index (χ3v) is 4.56. The predicted molar refractivity (Wildman–Crippen MR) is 102 cm³/mol. The Kier molecular flexibility index (Phi) is 6.63. The first-order valence-electron chi connectivity index (χ1n) is 8.98. The first-order valence-corrected chi connectivity index (χ1v) is 8.98. The highest BCUT2D eigenvalue weighted by Gasteiger charge is 2.44. The van der Waals surface area contributed by atoms with Gasteiger partial charge in [0.25, 0.3) is 0 Å². The summed E-state index contributed by atoms with van der Waals surface area (Å²) in [6.45, 7) is -0.586. The third kappa shape index (κ3) is 4.81. The smallest absolute Gasteiger partial charge is 0.229 e. The van der Waals surface area contributed by atoms with Crippen molar-refractivity contribution in [1.29, 1.82) is 0 Å². The van der Waals surface area contributed by atoms with Crippen LogP contribution in [0.15, 0.2) is 54.6 Å². The van der Waals surface area contributed by atoms with Gasteiger partial charge in [-0.25, -0.2) is 0 Å². The summed E-state index contributed by atoms with van der Waals surface area (Å²) in [5.41, 5.74) is 0.890. The van der Waals surface area contributed by atoms with Gasteiger partial charge >= 0.3 is 0 Å². The number of phenols is 1. The molecule has 29 heavy (non-hydrogen) atoms. The Morgan fingerprint density at radius 3 is 2.41 bits per heavy atom. The van der Waals surface area contributed by atoms with E-state index < -0.39 is 43.1 Å². The van der Waals surface area contributed by atoms with E-state index in [2.05, 4.69) is 0 Å². The highest BCUT2D eigenvalue weighted by atomic mass is 16.7. The van der Waals surface area contributed by atoms with Gasteiger partial charge in [-0.1, -0.05) is 36.4 Å². The zero-order chi connectivity index (χ0) is 21.0. The Bertz CT molecular complexity index is 864. The molecule has 2 aromatic rings. The van der Waals surface area contributed by atoms with Crippen molar-refractivity contribution in [3.05, 3.63) is 65.7 Å². The molecular weight excluding hydrogens is 380 g/mol. The van der Waals surface area contributed by atoms with Gasteiger partial charge in [0.15, 0.2) is 5.78 Å². The molecule has 154 valence electrons. The Hall–Kier alpha value is -2.75. The number of aliphatic hydroxyl groups excluding tert-OH is 4. The molecule has 0 spiro atoms. The minimum Gasteiger partial charge on any atom is -0.507 e. The van der Waals surface area contributed by atoms with Crippen LogP contribution in [-0.2, 0) is 4.74 Å². The molecule has 0 radical (unpaired) electrons. The second-order valence-corrected chi connectivity index (χ2v) is 6.60. The number of phenolic OH excluding ortho intramolecular Hbond substituents is 1. The predicted octanol–water partition coefficient (Wildman–Crippen LogP) is 0.467. The Balaban J connectivity index is 1.71. The number of benzene rings is 2. The van der Waals surface area contributed by atoms with Crippen molar-refractivity contribution in [2.45, 2.75) is 30.7 Å². The van der Waals surface area contributed by atoms with Gasteiger partial charge in [0.1, 0.15) is 35.9 Å². The number of allylic oxidation sites excluding steroid dienone is 1. The fraction of sp³-hybridized carbons (Fsp3) is 0.286. The van der Waals surface area contributed by atoms with E-state index in [-0.39, 0.29) is 17.1 Å². The number of aromatic hydroxyl groups is 1. The van der Waals surface area contributed by atoms with Crippen LogP contribution < -0.4 is 4.74 Å². The molecular formula is C21H22O8. The van der Waals surface area contributed by atoms with Crippen LogP contribution in [0.4, 0.5) is 0 Å². The lowest BCUT2D eigenvalue weighted by Gasteiger charge is -2.39. The number of ether oxygens (including phenoxy) is 2. The number of carbonyl (C=O) groups excluding carboxylic acids is 1.